The number of phenols is 1. The Kier molecular flexibility index (Phi) is 8.30. The molecule has 1 fully saturated rings. The number of amides is 1. The molecule has 0 saturated heterocycles. The van der Waals surface area contributed by atoms with E-state index < -0.39 is 0 Å². The van der Waals surface area contributed by atoms with Crippen LogP contribution in [0.2, 0.25) is 5.02 Å². The highest BCUT2D eigenvalue weighted by molar-refractivity contribution is 7.99. The van der Waals surface area contributed by atoms with E-state index >= 15 is 0 Å². The summed E-state index contributed by atoms with van der Waals surface area (Å²) in [5.41, 5.74) is 4.88. The molecule has 4 rings (SSSR count). The van der Waals surface area contributed by atoms with Crippen LogP contribution in [0.25, 0.3) is 11.4 Å². The van der Waals surface area contributed by atoms with Crippen LogP contribution in [0.1, 0.15) is 50.6 Å². The first-order valence-corrected chi connectivity index (χ1v) is 12.9. The fourth-order valence-corrected chi connectivity index (χ4v) is 5.04. The monoisotopic (exact) mass is 513 g/mol. The van der Waals surface area contributed by atoms with Crippen LogP contribution in [0.15, 0.2) is 52.7 Å². The van der Waals surface area contributed by atoms with E-state index in [4.69, 9.17) is 16.3 Å². The summed E-state index contributed by atoms with van der Waals surface area (Å²) in [4.78, 5) is 12.6. The van der Waals surface area contributed by atoms with Crippen molar-refractivity contribution in [1.29, 1.82) is 0 Å². The smallest absolute Gasteiger partial charge is 0.250 e. The molecule has 1 heterocycles. The van der Waals surface area contributed by atoms with Gasteiger partial charge in [-0.2, -0.15) is 5.10 Å². The Balaban J connectivity index is 1.46. The molecule has 35 heavy (non-hydrogen) atoms. The number of methoxy groups -OCH3 is 1. The summed E-state index contributed by atoms with van der Waals surface area (Å²) in [6, 6.07) is 12.8. The second-order valence-electron chi connectivity index (χ2n) is 8.38. The highest BCUT2D eigenvalue weighted by atomic mass is 35.5. The van der Waals surface area contributed by atoms with Crippen molar-refractivity contribution < 1.29 is 14.6 Å². The Bertz CT molecular complexity index is 1210. The molecule has 1 aromatic heterocycles. The van der Waals surface area contributed by atoms with Crippen molar-refractivity contribution in [3.63, 3.8) is 0 Å². The van der Waals surface area contributed by atoms with Crippen LogP contribution in [0.5, 0.6) is 11.5 Å². The first-order valence-electron chi connectivity index (χ1n) is 11.5. The fourth-order valence-electron chi connectivity index (χ4n) is 4.12. The van der Waals surface area contributed by atoms with Gasteiger partial charge in [-0.3, -0.25) is 9.36 Å². The van der Waals surface area contributed by atoms with Gasteiger partial charge in [0.25, 0.3) is 5.91 Å². The summed E-state index contributed by atoms with van der Waals surface area (Å²) in [5, 5.41) is 24.2. The first-order chi connectivity index (χ1) is 17.0. The maximum Gasteiger partial charge on any atom is 0.250 e. The van der Waals surface area contributed by atoms with E-state index in [1.54, 1.807) is 19.1 Å². The highest BCUT2D eigenvalue weighted by Gasteiger charge is 2.24. The van der Waals surface area contributed by atoms with Gasteiger partial charge in [-0.25, -0.2) is 5.43 Å². The Morgan fingerprint density at radius 1 is 1.20 bits per heavy atom. The van der Waals surface area contributed by atoms with Crippen LogP contribution in [-0.4, -0.2) is 44.4 Å². The lowest BCUT2D eigenvalue weighted by Crippen LogP contribution is -2.22. The average Bonchev–Trinajstić information content (AvgIpc) is 3.31. The van der Waals surface area contributed by atoms with Crippen molar-refractivity contribution in [1.82, 2.24) is 20.2 Å². The van der Waals surface area contributed by atoms with E-state index in [2.05, 4.69) is 25.3 Å². The van der Waals surface area contributed by atoms with Crippen molar-refractivity contribution in [3.05, 3.63) is 53.1 Å². The van der Waals surface area contributed by atoms with Gasteiger partial charge in [0.05, 0.1) is 18.6 Å². The lowest BCUT2D eigenvalue weighted by atomic mass is 9.95. The minimum Gasteiger partial charge on any atom is -0.504 e. The molecule has 1 saturated carbocycles. The Labute approximate surface area is 213 Å². The summed E-state index contributed by atoms with van der Waals surface area (Å²) in [6.07, 6.45) is 5.72. The molecule has 10 heteroatoms. The minimum absolute atomic E-state index is 0.0459. The number of hydrogen-bond donors (Lipinski definition) is 2. The predicted octanol–water partition coefficient (Wildman–Crippen LogP) is 5.45. The van der Waals surface area contributed by atoms with Crippen molar-refractivity contribution in [2.45, 2.75) is 50.2 Å². The number of phenolic OH excluding ortho intramolecular Hbond substituents is 1. The second kappa shape index (κ2) is 11.6. The maximum atomic E-state index is 12.6. The van der Waals surface area contributed by atoms with Gasteiger partial charge in [0.2, 0.25) is 0 Å². The molecule has 0 radical (unpaired) electrons. The molecular formula is C25H28ClN5O3S. The summed E-state index contributed by atoms with van der Waals surface area (Å²) < 4.78 is 7.31. The van der Waals surface area contributed by atoms with Crippen LogP contribution >= 0.6 is 23.4 Å². The van der Waals surface area contributed by atoms with Crippen LogP contribution in [0.4, 0.5) is 0 Å². The van der Waals surface area contributed by atoms with E-state index in [0.717, 1.165) is 34.9 Å². The number of thioether (sulfide) groups is 1. The molecule has 1 aliphatic rings. The number of hydrogen-bond acceptors (Lipinski definition) is 7. The quantitative estimate of drug-likeness (QED) is 0.236. The molecule has 3 aromatic rings. The van der Waals surface area contributed by atoms with E-state index in [1.165, 1.54) is 44.2 Å². The van der Waals surface area contributed by atoms with Crippen LogP contribution in [0.3, 0.4) is 0 Å². The SMILES string of the molecule is COc1cc(C(C)=NNC(=O)CSc2nnc(-c3ccc(Cl)cc3)n2C2CCCCC2)ccc1O. The molecule has 1 aliphatic carbocycles. The van der Waals surface area contributed by atoms with Gasteiger partial charge in [-0.15, -0.1) is 10.2 Å². The number of benzene rings is 2. The van der Waals surface area contributed by atoms with Crippen molar-refractivity contribution in [3.8, 4) is 22.9 Å². The van der Waals surface area contributed by atoms with Crippen LogP contribution in [-0.2, 0) is 4.79 Å². The molecule has 0 atom stereocenters. The molecule has 0 aliphatic heterocycles. The van der Waals surface area contributed by atoms with Gasteiger partial charge >= 0.3 is 0 Å². The van der Waals surface area contributed by atoms with Crippen molar-refractivity contribution >= 4 is 35.0 Å². The number of aromatic nitrogens is 3. The summed E-state index contributed by atoms with van der Waals surface area (Å²) in [6.45, 7) is 1.78. The van der Waals surface area contributed by atoms with E-state index in [9.17, 15) is 9.90 Å². The van der Waals surface area contributed by atoms with Gasteiger partial charge in [-0.05, 0) is 62.2 Å². The average molecular weight is 514 g/mol. The lowest BCUT2D eigenvalue weighted by Gasteiger charge is -2.25. The number of halogens is 1. The Morgan fingerprint density at radius 3 is 2.66 bits per heavy atom. The summed E-state index contributed by atoms with van der Waals surface area (Å²) in [7, 11) is 1.48. The molecule has 184 valence electrons. The Hall–Kier alpha value is -3.04. The predicted molar refractivity (Wildman–Crippen MR) is 138 cm³/mol. The minimum atomic E-state index is -0.244. The fraction of sp³-hybridized carbons (Fsp3) is 0.360. The molecule has 0 spiro atoms. The standard InChI is InChI=1S/C25H28ClN5O3S/c1-16(18-10-13-21(32)22(14-18)34-2)27-28-23(33)15-35-25-30-29-24(17-8-11-19(26)12-9-17)31(25)20-6-4-3-5-7-20/h8-14,20,32H,3-7,15H2,1-2H3,(H,28,33). The third-order valence-electron chi connectivity index (χ3n) is 5.98. The van der Waals surface area contributed by atoms with E-state index in [-0.39, 0.29) is 17.4 Å². The number of carbonyl (C=O) groups excluding carboxylic acids is 1. The maximum absolute atomic E-state index is 12.6. The number of hydrazone groups is 1. The number of carbonyl (C=O) groups is 1. The van der Waals surface area contributed by atoms with E-state index in [1.807, 2.05) is 24.3 Å². The zero-order valence-corrected chi connectivity index (χ0v) is 21.3. The molecule has 2 N–H and O–H groups in total. The summed E-state index contributed by atoms with van der Waals surface area (Å²) in [5.74, 6) is 1.10. The zero-order valence-electron chi connectivity index (χ0n) is 19.7. The topological polar surface area (TPSA) is 102 Å². The molecule has 1 amide bonds. The first kappa shape index (κ1) is 25.1. The molecule has 8 nitrogen and oxygen atoms in total. The largest absolute Gasteiger partial charge is 0.504 e. The highest BCUT2D eigenvalue weighted by Crippen LogP contribution is 2.35. The second-order valence-corrected chi connectivity index (χ2v) is 9.76. The normalized spacial score (nSPS) is 14.7. The third-order valence-corrected chi connectivity index (χ3v) is 7.18. The number of nitrogens with one attached hydrogen (secondary N) is 1. The van der Waals surface area contributed by atoms with Crippen LogP contribution < -0.4 is 10.2 Å². The van der Waals surface area contributed by atoms with Gasteiger partial charge in [0.15, 0.2) is 22.5 Å². The van der Waals surface area contributed by atoms with E-state index in [0.29, 0.717) is 22.5 Å². The van der Waals surface area contributed by atoms with Gasteiger partial charge in [0.1, 0.15) is 0 Å². The zero-order chi connectivity index (χ0) is 24.8. The lowest BCUT2D eigenvalue weighted by molar-refractivity contribution is -0.118. The number of aromatic hydroxyl groups is 1. The summed E-state index contributed by atoms with van der Waals surface area (Å²) >= 11 is 7.42. The number of nitrogens with zero attached hydrogens (tertiary/aromatic N) is 4. The number of rotatable bonds is 8. The third kappa shape index (κ3) is 6.15. The molecular weight excluding hydrogens is 486 g/mol. The van der Waals surface area contributed by atoms with Gasteiger partial charge in [0, 0.05) is 22.2 Å². The number of ether oxygens (including phenoxy) is 1. The van der Waals surface area contributed by atoms with Gasteiger partial charge < -0.3 is 9.84 Å². The van der Waals surface area contributed by atoms with Crippen molar-refractivity contribution in [2.24, 2.45) is 5.10 Å². The molecule has 0 unspecified atom stereocenters. The Morgan fingerprint density at radius 2 is 1.94 bits per heavy atom. The molecule has 0 bridgehead atoms. The van der Waals surface area contributed by atoms with Gasteiger partial charge in [-0.1, -0.05) is 42.6 Å². The van der Waals surface area contributed by atoms with Crippen LogP contribution in [0, 0.1) is 0 Å². The van der Waals surface area contributed by atoms with Crippen molar-refractivity contribution in [2.75, 3.05) is 12.9 Å². The molecule has 2 aromatic carbocycles.